The van der Waals surface area contributed by atoms with Gasteiger partial charge in [-0.1, -0.05) is 17.7 Å². The zero-order valence-electron chi connectivity index (χ0n) is 11.9. The molecule has 1 saturated heterocycles. The largest absolute Gasteiger partial charge is 0.369 e. The van der Waals surface area contributed by atoms with E-state index in [1.807, 2.05) is 19.2 Å². The van der Waals surface area contributed by atoms with E-state index in [-0.39, 0.29) is 0 Å². The SMILES string of the molecule is CNCCC(C)N1CCN(c2cccc(Cl)c2)CC1. The number of rotatable bonds is 5. The van der Waals surface area contributed by atoms with Gasteiger partial charge in [-0.05, 0) is 45.1 Å². The van der Waals surface area contributed by atoms with E-state index < -0.39 is 0 Å². The molecule has 106 valence electrons. The van der Waals surface area contributed by atoms with Crippen LogP contribution in [0.3, 0.4) is 0 Å². The van der Waals surface area contributed by atoms with E-state index in [0.717, 1.165) is 37.7 Å². The lowest BCUT2D eigenvalue weighted by atomic mass is 10.1. The van der Waals surface area contributed by atoms with Crippen LogP contribution in [0, 0.1) is 0 Å². The van der Waals surface area contributed by atoms with Crippen LogP contribution in [0.15, 0.2) is 24.3 Å². The Morgan fingerprint density at radius 2 is 2.00 bits per heavy atom. The Morgan fingerprint density at radius 3 is 2.63 bits per heavy atom. The van der Waals surface area contributed by atoms with Crippen molar-refractivity contribution in [1.29, 1.82) is 0 Å². The lowest BCUT2D eigenvalue weighted by Gasteiger charge is -2.39. The van der Waals surface area contributed by atoms with Gasteiger partial charge in [0.1, 0.15) is 0 Å². The predicted octanol–water partition coefficient (Wildman–Crippen LogP) is 2.46. The molecule has 2 rings (SSSR count). The van der Waals surface area contributed by atoms with E-state index in [9.17, 15) is 0 Å². The van der Waals surface area contributed by atoms with Crippen molar-refractivity contribution in [1.82, 2.24) is 10.2 Å². The Kier molecular flexibility index (Phi) is 5.49. The lowest BCUT2D eigenvalue weighted by molar-refractivity contribution is 0.188. The Balaban J connectivity index is 1.85. The second-order valence-electron chi connectivity index (χ2n) is 5.24. The fraction of sp³-hybridized carbons (Fsp3) is 0.600. The van der Waals surface area contributed by atoms with Crippen LogP contribution in [0.2, 0.25) is 5.02 Å². The van der Waals surface area contributed by atoms with Crippen LogP contribution in [-0.4, -0.2) is 50.7 Å². The third-order valence-corrected chi connectivity index (χ3v) is 4.16. The molecule has 1 aromatic rings. The van der Waals surface area contributed by atoms with Gasteiger partial charge in [0, 0.05) is 42.9 Å². The molecule has 1 fully saturated rings. The van der Waals surface area contributed by atoms with Crippen molar-refractivity contribution in [2.24, 2.45) is 0 Å². The van der Waals surface area contributed by atoms with Gasteiger partial charge in [-0.3, -0.25) is 4.90 Å². The molecule has 0 amide bonds. The van der Waals surface area contributed by atoms with Gasteiger partial charge in [0.25, 0.3) is 0 Å². The smallest absolute Gasteiger partial charge is 0.0426 e. The fourth-order valence-corrected chi connectivity index (χ4v) is 2.81. The number of benzene rings is 1. The Labute approximate surface area is 121 Å². The zero-order chi connectivity index (χ0) is 13.7. The second kappa shape index (κ2) is 7.13. The standard InChI is InChI=1S/C15H24ClN3/c1-13(6-7-17-2)18-8-10-19(11-9-18)15-5-3-4-14(16)12-15/h3-5,12-13,17H,6-11H2,1-2H3. The van der Waals surface area contributed by atoms with Gasteiger partial charge in [-0.2, -0.15) is 0 Å². The number of hydrogen-bond donors (Lipinski definition) is 1. The molecule has 4 heteroatoms. The van der Waals surface area contributed by atoms with E-state index in [2.05, 4.69) is 34.2 Å². The molecule has 1 aromatic carbocycles. The quantitative estimate of drug-likeness (QED) is 0.894. The summed E-state index contributed by atoms with van der Waals surface area (Å²) in [4.78, 5) is 5.01. The minimum Gasteiger partial charge on any atom is -0.369 e. The molecule has 3 nitrogen and oxygen atoms in total. The molecule has 0 aromatic heterocycles. The minimum absolute atomic E-state index is 0.661. The number of halogens is 1. The van der Waals surface area contributed by atoms with E-state index in [1.54, 1.807) is 0 Å². The molecule has 0 saturated carbocycles. The van der Waals surface area contributed by atoms with Gasteiger partial charge >= 0.3 is 0 Å². The minimum atomic E-state index is 0.661. The molecular weight excluding hydrogens is 258 g/mol. The third kappa shape index (κ3) is 4.10. The van der Waals surface area contributed by atoms with Crippen LogP contribution < -0.4 is 10.2 Å². The molecule has 0 radical (unpaired) electrons. The first-order valence-electron chi connectivity index (χ1n) is 7.10. The maximum Gasteiger partial charge on any atom is 0.0426 e. The summed E-state index contributed by atoms with van der Waals surface area (Å²) in [5, 5.41) is 4.05. The number of hydrogen-bond acceptors (Lipinski definition) is 3. The van der Waals surface area contributed by atoms with Gasteiger partial charge in [0.05, 0.1) is 0 Å². The van der Waals surface area contributed by atoms with Crippen molar-refractivity contribution in [2.45, 2.75) is 19.4 Å². The molecule has 1 aliphatic heterocycles. The number of nitrogens with zero attached hydrogens (tertiary/aromatic N) is 2. The number of nitrogens with one attached hydrogen (secondary N) is 1. The normalized spacial score (nSPS) is 18.6. The van der Waals surface area contributed by atoms with Gasteiger partial charge in [-0.25, -0.2) is 0 Å². The van der Waals surface area contributed by atoms with Crippen molar-refractivity contribution in [3.63, 3.8) is 0 Å². The summed E-state index contributed by atoms with van der Waals surface area (Å²) in [5.74, 6) is 0. The van der Waals surface area contributed by atoms with Crippen LogP contribution in [0.25, 0.3) is 0 Å². The monoisotopic (exact) mass is 281 g/mol. The van der Waals surface area contributed by atoms with E-state index in [4.69, 9.17) is 11.6 Å². The van der Waals surface area contributed by atoms with E-state index in [1.165, 1.54) is 12.1 Å². The highest BCUT2D eigenvalue weighted by molar-refractivity contribution is 6.30. The maximum atomic E-state index is 6.06. The fourth-order valence-electron chi connectivity index (χ4n) is 2.63. The van der Waals surface area contributed by atoms with Gasteiger partial charge < -0.3 is 10.2 Å². The molecule has 0 bridgehead atoms. The lowest BCUT2D eigenvalue weighted by Crippen LogP contribution is -2.50. The highest BCUT2D eigenvalue weighted by Crippen LogP contribution is 2.21. The van der Waals surface area contributed by atoms with Gasteiger partial charge in [0.15, 0.2) is 0 Å². The molecule has 1 heterocycles. The van der Waals surface area contributed by atoms with Crippen molar-refractivity contribution >= 4 is 17.3 Å². The molecule has 1 unspecified atom stereocenters. The van der Waals surface area contributed by atoms with Crippen LogP contribution in [0.4, 0.5) is 5.69 Å². The molecular formula is C15H24ClN3. The summed E-state index contributed by atoms with van der Waals surface area (Å²) in [6.45, 7) is 7.87. The summed E-state index contributed by atoms with van der Waals surface area (Å²) in [6.07, 6.45) is 1.22. The first-order chi connectivity index (χ1) is 9.20. The summed E-state index contributed by atoms with van der Waals surface area (Å²) >= 11 is 6.06. The highest BCUT2D eigenvalue weighted by Gasteiger charge is 2.20. The Hall–Kier alpha value is -0.770. The van der Waals surface area contributed by atoms with Crippen LogP contribution in [0.5, 0.6) is 0 Å². The van der Waals surface area contributed by atoms with Crippen LogP contribution >= 0.6 is 11.6 Å². The van der Waals surface area contributed by atoms with E-state index in [0.29, 0.717) is 6.04 Å². The Morgan fingerprint density at radius 1 is 1.26 bits per heavy atom. The van der Waals surface area contributed by atoms with Crippen molar-refractivity contribution in [3.05, 3.63) is 29.3 Å². The van der Waals surface area contributed by atoms with Crippen LogP contribution in [-0.2, 0) is 0 Å². The summed E-state index contributed by atoms with van der Waals surface area (Å²) in [5.41, 5.74) is 1.25. The average Bonchev–Trinajstić information content (AvgIpc) is 2.45. The molecule has 1 atom stereocenters. The van der Waals surface area contributed by atoms with Gasteiger partial charge in [-0.15, -0.1) is 0 Å². The summed E-state index contributed by atoms with van der Waals surface area (Å²) < 4.78 is 0. The third-order valence-electron chi connectivity index (χ3n) is 3.92. The molecule has 0 spiro atoms. The first-order valence-corrected chi connectivity index (χ1v) is 7.47. The maximum absolute atomic E-state index is 6.06. The number of piperazine rings is 1. The predicted molar refractivity (Wildman–Crippen MR) is 83.2 cm³/mol. The van der Waals surface area contributed by atoms with Crippen LogP contribution in [0.1, 0.15) is 13.3 Å². The molecule has 1 aliphatic rings. The van der Waals surface area contributed by atoms with Crippen molar-refractivity contribution in [2.75, 3.05) is 44.7 Å². The Bertz CT molecular complexity index is 389. The highest BCUT2D eigenvalue weighted by atomic mass is 35.5. The average molecular weight is 282 g/mol. The number of anilines is 1. The first kappa shape index (κ1) is 14.6. The second-order valence-corrected chi connectivity index (χ2v) is 5.68. The van der Waals surface area contributed by atoms with E-state index >= 15 is 0 Å². The topological polar surface area (TPSA) is 18.5 Å². The van der Waals surface area contributed by atoms with Crippen molar-refractivity contribution in [3.8, 4) is 0 Å². The molecule has 0 aliphatic carbocycles. The zero-order valence-corrected chi connectivity index (χ0v) is 12.7. The molecule has 1 N–H and O–H groups in total. The summed E-state index contributed by atoms with van der Waals surface area (Å²) in [7, 11) is 2.02. The summed E-state index contributed by atoms with van der Waals surface area (Å²) in [6, 6.07) is 8.82. The van der Waals surface area contributed by atoms with Crippen molar-refractivity contribution < 1.29 is 0 Å². The molecule has 19 heavy (non-hydrogen) atoms. The van der Waals surface area contributed by atoms with Gasteiger partial charge in [0.2, 0.25) is 0 Å².